The minimum atomic E-state index is -3.26. The van der Waals surface area contributed by atoms with E-state index in [2.05, 4.69) is 4.98 Å². The van der Waals surface area contributed by atoms with E-state index in [4.69, 9.17) is 4.42 Å². The molecule has 0 aliphatic carbocycles. The lowest BCUT2D eigenvalue weighted by Crippen LogP contribution is -2.34. The first-order valence-corrected chi connectivity index (χ1v) is 10.3. The van der Waals surface area contributed by atoms with Gasteiger partial charge in [-0.3, -0.25) is 4.31 Å². The molecule has 2 aromatic heterocycles. The number of hydrogen-bond acceptors (Lipinski definition) is 5. The molecule has 1 aliphatic heterocycles. The second-order valence-corrected chi connectivity index (χ2v) is 8.69. The van der Waals surface area contributed by atoms with Crippen molar-refractivity contribution in [3.8, 4) is 22.0 Å². The van der Waals surface area contributed by atoms with Gasteiger partial charge in [-0.25, -0.2) is 13.4 Å². The number of thiazole rings is 1. The van der Waals surface area contributed by atoms with E-state index in [0.29, 0.717) is 6.42 Å². The maximum absolute atomic E-state index is 12.0. The van der Waals surface area contributed by atoms with Crippen molar-refractivity contribution in [2.75, 3.05) is 10.6 Å². The monoisotopic (exact) mass is 360 g/mol. The normalized spacial score (nSPS) is 17.2. The van der Waals surface area contributed by atoms with Crippen molar-refractivity contribution in [2.45, 2.75) is 19.4 Å². The molecular weight excluding hydrogens is 344 g/mol. The molecule has 0 bridgehead atoms. The quantitative estimate of drug-likeness (QED) is 0.713. The van der Waals surface area contributed by atoms with Gasteiger partial charge in [-0.05, 0) is 43.2 Å². The Hall–Kier alpha value is -2.12. The average molecular weight is 360 g/mol. The Balaban J connectivity index is 1.72. The van der Waals surface area contributed by atoms with Gasteiger partial charge in [0, 0.05) is 17.0 Å². The molecule has 1 unspecified atom stereocenters. The van der Waals surface area contributed by atoms with Gasteiger partial charge in [-0.15, -0.1) is 11.3 Å². The van der Waals surface area contributed by atoms with Crippen molar-refractivity contribution >= 4 is 27.0 Å². The summed E-state index contributed by atoms with van der Waals surface area (Å²) in [6, 6.07) is 9.51. The number of hydrogen-bond donors (Lipinski definition) is 0. The van der Waals surface area contributed by atoms with Crippen LogP contribution in [-0.4, -0.2) is 25.7 Å². The van der Waals surface area contributed by atoms with Crippen LogP contribution in [-0.2, 0) is 16.4 Å². The summed E-state index contributed by atoms with van der Waals surface area (Å²) in [5.74, 6) is 0.754. The zero-order valence-electron chi connectivity index (χ0n) is 13.3. The number of aromatic nitrogens is 1. The maximum atomic E-state index is 12.0. The van der Waals surface area contributed by atoms with E-state index in [1.165, 1.54) is 21.9 Å². The van der Waals surface area contributed by atoms with Gasteiger partial charge in [0.1, 0.15) is 0 Å². The molecule has 0 saturated heterocycles. The molecule has 24 heavy (non-hydrogen) atoms. The fourth-order valence-corrected chi connectivity index (χ4v) is 5.25. The molecule has 1 aliphatic rings. The smallest absolute Gasteiger partial charge is 0.232 e. The molecule has 7 heteroatoms. The summed E-state index contributed by atoms with van der Waals surface area (Å²) in [5.41, 5.74) is 3.68. The molecule has 0 N–H and O–H groups in total. The van der Waals surface area contributed by atoms with E-state index < -0.39 is 10.0 Å². The average Bonchev–Trinajstić information content (AvgIpc) is 3.23. The van der Waals surface area contributed by atoms with Gasteiger partial charge in [0.15, 0.2) is 10.8 Å². The lowest BCUT2D eigenvalue weighted by molar-refractivity contribution is 0.582. The predicted octanol–water partition coefficient (Wildman–Crippen LogP) is 3.78. The Kier molecular flexibility index (Phi) is 3.51. The van der Waals surface area contributed by atoms with Crippen molar-refractivity contribution in [2.24, 2.45) is 0 Å². The van der Waals surface area contributed by atoms with Crippen LogP contribution >= 0.6 is 11.3 Å². The Labute approximate surface area is 144 Å². The van der Waals surface area contributed by atoms with E-state index in [-0.39, 0.29) is 6.04 Å². The van der Waals surface area contributed by atoms with E-state index in [1.54, 1.807) is 6.26 Å². The minimum absolute atomic E-state index is 0.0561. The second-order valence-electron chi connectivity index (χ2n) is 5.97. The molecule has 0 radical (unpaired) electrons. The van der Waals surface area contributed by atoms with Crippen molar-refractivity contribution in [1.29, 1.82) is 0 Å². The van der Waals surface area contributed by atoms with Crippen LogP contribution in [0.15, 0.2) is 46.4 Å². The fraction of sp³-hybridized carbons (Fsp3) is 0.235. The molecular formula is C17H16N2O3S2. The summed E-state index contributed by atoms with van der Waals surface area (Å²) in [6.07, 6.45) is 3.60. The van der Waals surface area contributed by atoms with Gasteiger partial charge < -0.3 is 4.42 Å². The van der Waals surface area contributed by atoms with Gasteiger partial charge in [-0.2, -0.15) is 0 Å². The number of nitrogens with zero attached hydrogens (tertiary/aromatic N) is 2. The largest absolute Gasteiger partial charge is 0.462 e. The van der Waals surface area contributed by atoms with Crippen LogP contribution in [0.3, 0.4) is 0 Å². The Morgan fingerprint density at radius 3 is 2.88 bits per heavy atom. The summed E-state index contributed by atoms with van der Waals surface area (Å²) in [6.45, 7) is 1.93. The van der Waals surface area contributed by atoms with Crippen LogP contribution in [0.4, 0.5) is 5.69 Å². The van der Waals surface area contributed by atoms with E-state index in [9.17, 15) is 8.42 Å². The topological polar surface area (TPSA) is 63.4 Å². The number of sulfonamides is 1. The van der Waals surface area contributed by atoms with E-state index in [0.717, 1.165) is 33.3 Å². The molecule has 0 fully saturated rings. The number of anilines is 1. The summed E-state index contributed by atoms with van der Waals surface area (Å²) in [4.78, 5) is 4.63. The van der Waals surface area contributed by atoms with Crippen LogP contribution in [0.5, 0.6) is 0 Å². The highest BCUT2D eigenvalue weighted by atomic mass is 32.2. The number of benzene rings is 1. The van der Waals surface area contributed by atoms with Crippen LogP contribution < -0.4 is 4.31 Å². The number of furan rings is 1. The van der Waals surface area contributed by atoms with Crippen molar-refractivity contribution in [3.63, 3.8) is 0 Å². The number of rotatable bonds is 3. The lowest BCUT2D eigenvalue weighted by atomic mass is 10.1. The molecule has 0 spiro atoms. The van der Waals surface area contributed by atoms with Gasteiger partial charge in [-0.1, -0.05) is 6.07 Å². The fourth-order valence-electron chi connectivity index (χ4n) is 3.19. The maximum Gasteiger partial charge on any atom is 0.232 e. The first-order chi connectivity index (χ1) is 11.4. The van der Waals surface area contributed by atoms with Crippen molar-refractivity contribution in [3.05, 3.63) is 47.5 Å². The molecule has 0 amide bonds. The Morgan fingerprint density at radius 2 is 2.17 bits per heavy atom. The van der Waals surface area contributed by atoms with Gasteiger partial charge in [0.05, 0.1) is 23.9 Å². The third-order valence-corrected chi connectivity index (χ3v) is 6.25. The molecule has 0 saturated carbocycles. The highest BCUT2D eigenvalue weighted by Gasteiger charge is 2.32. The molecule has 1 aromatic carbocycles. The predicted molar refractivity (Wildman–Crippen MR) is 95.7 cm³/mol. The molecule has 3 heterocycles. The summed E-state index contributed by atoms with van der Waals surface area (Å²) in [5, 5.41) is 2.83. The van der Waals surface area contributed by atoms with Gasteiger partial charge in [0.25, 0.3) is 0 Å². The third kappa shape index (κ3) is 2.53. The molecule has 124 valence electrons. The zero-order valence-corrected chi connectivity index (χ0v) is 14.9. The Bertz CT molecular complexity index is 991. The SMILES string of the molecule is CC1Cc2cc(-c3csc(-c4ccco4)n3)ccc2N1S(C)(=O)=O. The van der Waals surface area contributed by atoms with Gasteiger partial charge >= 0.3 is 0 Å². The third-order valence-electron chi connectivity index (χ3n) is 4.12. The van der Waals surface area contributed by atoms with Crippen LogP contribution in [0, 0.1) is 0 Å². The minimum Gasteiger partial charge on any atom is -0.462 e. The first-order valence-electron chi connectivity index (χ1n) is 7.55. The van der Waals surface area contributed by atoms with Crippen molar-refractivity contribution < 1.29 is 12.8 Å². The molecule has 4 rings (SSSR count). The van der Waals surface area contributed by atoms with E-state index in [1.807, 2.05) is 42.6 Å². The summed E-state index contributed by atoms with van der Waals surface area (Å²) < 4.78 is 30.9. The second kappa shape index (κ2) is 5.46. The summed E-state index contributed by atoms with van der Waals surface area (Å²) >= 11 is 1.53. The zero-order chi connectivity index (χ0) is 16.9. The first kappa shape index (κ1) is 15.4. The molecule has 1 atom stereocenters. The van der Waals surface area contributed by atoms with Crippen LogP contribution in [0.25, 0.3) is 22.0 Å². The Morgan fingerprint density at radius 1 is 1.33 bits per heavy atom. The highest BCUT2D eigenvalue weighted by Crippen LogP contribution is 2.37. The van der Waals surface area contributed by atoms with Crippen LogP contribution in [0.2, 0.25) is 0 Å². The van der Waals surface area contributed by atoms with E-state index >= 15 is 0 Å². The number of fused-ring (bicyclic) bond motifs is 1. The molecule has 3 aromatic rings. The van der Waals surface area contributed by atoms with Gasteiger partial charge in [0.2, 0.25) is 10.0 Å². The van der Waals surface area contributed by atoms with Crippen molar-refractivity contribution in [1.82, 2.24) is 4.98 Å². The summed E-state index contributed by atoms with van der Waals surface area (Å²) in [7, 11) is -3.26. The highest BCUT2D eigenvalue weighted by molar-refractivity contribution is 7.92. The molecule has 5 nitrogen and oxygen atoms in total. The lowest BCUT2D eigenvalue weighted by Gasteiger charge is -2.21. The standard InChI is InChI=1S/C17H16N2O3S2/c1-11-8-13-9-12(5-6-15(13)19(11)24(2,20)21)14-10-23-17(18-14)16-4-3-7-22-16/h3-7,9-11H,8H2,1-2H3. The van der Waals surface area contributed by atoms with Crippen LogP contribution in [0.1, 0.15) is 12.5 Å².